The van der Waals surface area contributed by atoms with Crippen LogP contribution < -0.4 is 0 Å². The summed E-state index contributed by atoms with van der Waals surface area (Å²) >= 11 is 0. The van der Waals surface area contributed by atoms with Gasteiger partial charge in [0.25, 0.3) is 0 Å². The monoisotopic (exact) mass is 358 g/mol. The van der Waals surface area contributed by atoms with Gasteiger partial charge in [-0.2, -0.15) is 0 Å². The number of hydrogen-bond acceptors (Lipinski definition) is 2. The summed E-state index contributed by atoms with van der Waals surface area (Å²) in [6, 6.07) is 0. The zero-order valence-electron chi connectivity index (χ0n) is 17.4. The molecule has 0 spiro atoms. The Kier molecular flexibility index (Phi) is 4.77. The molecule has 2 nitrogen and oxygen atoms in total. The van der Waals surface area contributed by atoms with Crippen molar-refractivity contribution in [3.63, 3.8) is 0 Å². The van der Waals surface area contributed by atoms with Crippen molar-refractivity contribution in [2.24, 2.45) is 34.5 Å². The van der Waals surface area contributed by atoms with Gasteiger partial charge in [-0.3, -0.25) is 4.79 Å². The van der Waals surface area contributed by atoms with Crippen LogP contribution in [0.3, 0.4) is 0 Å². The third kappa shape index (κ3) is 2.78. The van der Waals surface area contributed by atoms with Crippen molar-refractivity contribution in [3.05, 3.63) is 11.6 Å². The van der Waals surface area contributed by atoms with Gasteiger partial charge in [0.05, 0.1) is 0 Å². The van der Waals surface area contributed by atoms with E-state index in [9.17, 15) is 4.79 Å². The molecule has 0 amide bonds. The molecule has 0 saturated heterocycles. The molecule has 0 N–H and O–H groups in total. The van der Waals surface area contributed by atoms with Gasteiger partial charge in [-0.15, -0.1) is 0 Å². The lowest BCUT2D eigenvalue weighted by Gasteiger charge is -2.60. The minimum atomic E-state index is -0.0954. The molecular weight excluding hydrogens is 320 g/mol. The minimum absolute atomic E-state index is 0.0954. The summed E-state index contributed by atoms with van der Waals surface area (Å²) in [5.41, 5.74) is 2.77. The van der Waals surface area contributed by atoms with Crippen LogP contribution in [0, 0.1) is 34.5 Å². The van der Waals surface area contributed by atoms with Crippen LogP contribution in [0.4, 0.5) is 0 Å². The molecule has 0 bridgehead atoms. The molecule has 7 atom stereocenters. The second-order valence-corrected chi connectivity index (χ2v) is 10.3. The van der Waals surface area contributed by atoms with Crippen LogP contribution in [-0.2, 0) is 9.53 Å². The van der Waals surface area contributed by atoms with Gasteiger partial charge in [-0.05, 0) is 98.7 Å². The summed E-state index contributed by atoms with van der Waals surface area (Å²) < 4.78 is 5.60. The summed E-state index contributed by atoms with van der Waals surface area (Å²) in [5.74, 6) is 3.42. The van der Waals surface area contributed by atoms with Crippen LogP contribution >= 0.6 is 0 Å². The average Bonchev–Trinajstić information content (AvgIpc) is 2.92. The van der Waals surface area contributed by atoms with E-state index in [0.29, 0.717) is 10.8 Å². The van der Waals surface area contributed by atoms with Gasteiger partial charge in [0, 0.05) is 6.92 Å². The van der Waals surface area contributed by atoms with Gasteiger partial charge in [-0.25, -0.2) is 0 Å². The van der Waals surface area contributed by atoms with E-state index in [0.717, 1.165) is 36.5 Å². The lowest BCUT2D eigenvalue weighted by molar-refractivity contribution is -0.158. The van der Waals surface area contributed by atoms with E-state index in [1.165, 1.54) is 51.4 Å². The fourth-order valence-corrected chi connectivity index (χ4v) is 7.99. The van der Waals surface area contributed by atoms with Crippen LogP contribution in [-0.4, -0.2) is 12.1 Å². The third-order valence-corrected chi connectivity index (χ3v) is 9.25. The van der Waals surface area contributed by atoms with Crippen LogP contribution in [0.15, 0.2) is 11.6 Å². The first-order valence-corrected chi connectivity index (χ1v) is 11.2. The Balaban J connectivity index is 1.54. The maximum Gasteiger partial charge on any atom is 0.302 e. The second kappa shape index (κ2) is 6.67. The molecule has 0 radical (unpaired) electrons. The van der Waals surface area contributed by atoms with E-state index in [4.69, 9.17) is 4.74 Å². The normalized spacial score (nSPS) is 49.2. The molecule has 0 aromatic carbocycles. The molecule has 4 aliphatic rings. The third-order valence-electron chi connectivity index (χ3n) is 9.25. The van der Waals surface area contributed by atoms with Gasteiger partial charge < -0.3 is 4.74 Å². The lowest BCUT2D eigenvalue weighted by atomic mass is 9.45. The van der Waals surface area contributed by atoms with E-state index < -0.39 is 0 Å². The van der Waals surface area contributed by atoms with Crippen molar-refractivity contribution < 1.29 is 9.53 Å². The number of ether oxygens (including phenoxy) is 1. The fraction of sp³-hybridized carbons (Fsp3) is 0.875. The summed E-state index contributed by atoms with van der Waals surface area (Å²) in [6.07, 6.45) is 15.8. The maximum absolute atomic E-state index is 11.4. The number of fused-ring (bicyclic) bond motifs is 5. The van der Waals surface area contributed by atoms with Crippen molar-refractivity contribution in [1.29, 1.82) is 0 Å². The van der Waals surface area contributed by atoms with Crippen molar-refractivity contribution in [2.75, 3.05) is 0 Å². The molecule has 7 unspecified atom stereocenters. The summed E-state index contributed by atoms with van der Waals surface area (Å²) in [6.45, 7) is 9.05. The molecule has 26 heavy (non-hydrogen) atoms. The van der Waals surface area contributed by atoms with Gasteiger partial charge >= 0.3 is 5.97 Å². The fourth-order valence-electron chi connectivity index (χ4n) is 7.99. The topological polar surface area (TPSA) is 26.3 Å². The minimum Gasteiger partial charge on any atom is -0.463 e. The first-order valence-electron chi connectivity index (χ1n) is 11.2. The Labute approximate surface area is 160 Å². The zero-order valence-corrected chi connectivity index (χ0v) is 17.4. The van der Waals surface area contributed by atoms with E-state index >= 15 is 0 Å². The van der Waals surface area contributed by atoms with Crippen molar-refractivity contribution in [2.45, 2.75) is 98.0 Å². The number of hydrogen-bond donors (Lipinski definition) is 0. The molecule has 146 valence electrons. The molecule has 2 heteroatoms. The maximum atomic E-state index is 11.4. The second-order valence-electron chi connectivity index (χ2n) is 10.3. The predicted molar refractivity (Wildman–Crippen MR) is 106 cm³/mol. The standard InChI is InChI=1S/C24H38O2/c1-5-6-17-8-10-21-20-9-7-18-15-19(26-16(2)25)11-13-24(18,4)22(20)12-14-23(17,21)3/h6,18-22H,5,7-15H2,1-4H3/b17-6-. The molecular formula is C24H38O2. The van der Waals surface area contributed by atoms with Crippen LogP contribution in [0.5, 0.6) is 0 Å². The highest BCUT2D eigenvalue weighted by molar-refractivity contribution is 5.66. The lowest BCUT2D eigenvalue weighted by Crippen LogP contribution is -2.53. The molecule has 0 heterocycles. The SMILES string of the molecule is CC/C=C1/CCC2C3CCC4CC(OC(C)=O)CCC4(C)C3CCC12C. The van der Waals surface area contributed by atoms with Crippen LogP contribution in [0.1, 0.15) is 91.9 Å². The average molecular weight is 359 g/mol. The van der Waals surface area contributed by atoms with Crippen molar-refractivity contribution in [1.82, 2.24) is 0 Å². The molecule has 4 rings (SSSR count). The molecule has 0 aromatic rings. The van der Waals surface area contributed by atoms with E-state index in [2.05, 4.69) is 26.8 Å². The zero-order chi connectivity index (χ0) is 18.5. The van der Waals surface area contributed by atoms with Gasteiger partial charge in [0.1, 0.15) is 6.10 Å². The molecule has 0 aliphatic heterocycles. The quantitative estimate of drug-likeness (QED) is 0.428. The first kappa shape index (κ1) is 18.6. The van der Waals surface area contributed by atoms with Crippen molar-refractivity contribution >= 4 is 5.97 Å². The Morgan fingerprint density at radius 3 is 2.65 bits per heavy atom. The number of allylic oxidation sites excluding steroid dienone is 2. The van der Waals surface area contributed by atoms with Gasteiger partial charge in [-0.1, -0.05) is 32.4 Å². The number of rotatable bonds is 2. The highest BCUT2D eigenvalue weighted by Crippen LogP contribution is 2.67. The number of carbonyl (C=O) groups excluding carboxylic acids is 1. The van der Waals surface area contributed by atoms with E-state index in [1.807, 2.05) is 0 Å². The summed E-state index contributed by atoms with van der Waals surface area (Å²) in [4.78, 5) is 11.4. The molecule has 4 saturated carbocycles. The van der Waals surface area contributed by atoms with Crippen LogP contribution in [0.25, 0.3) is 0 Å². The Morgan fingerprint density at radius 1 is 1.12 bits per heavy atom. The Bertz CT molecular complexity index is 593. The smallest absolute Gasteiger partial charge is 0.302 e. The highest BCUT2D eigenvalue weighted by atomic mass is 16.5. The Morgan fingerprint density at radius 2 is 1.92 bits per heavy atom. The number of esters is 1. The number of carbonyl (C=O) groups is 1. The molecule has 4 aliphatic carbocycles. The van der Waals surface area contributed by atoms with Crippen molar-refractivity contribution in [3.8, 4) is 0 Å². The highest BCUT2D eigenvalue weighted by Gasteiger charge is 2.59. The largest absolute Gasteiger partial charge is 0.463 e. The van der Waals surface area contributed by atoms with E-state index in [-0.39, 0.29) is 12.1 Å². The Hall–Kier alpha value is -0.790. The van der Waals surface area contributed by atoms with Gasteiger partial charge in [0.15, 0.2) is 0 Å². The molecule has 4 fully saturated rings. The predicted octanol–water partition coefficient (Wildman–Crippen LogP) is 6.30. The molecule has 0 aromatic heterocycles. The first-order chi connectivity index (χ1) is 12.4. The van der Waals surface area contributed by atoms with E-state index in [1.54, 1.807) is 12.5 Å². The van der Waals surface area contributed by atoms with Crippen LogP contribution in [0.2, 0.25) is 0 Å². The van der Waals surface area contributed by atoms with Gasteiger partial charge in [0.2, 0.25) is 0 Å². The summed E-state index contributed by atoms with van der Waals surface area (Å²) in [7, 11) is 0. The summed E-state index contributed by atoms with van der Waals surface area (Å²) in [5, 5.41) is 0.